The standard InChI is InChI=1S/C22H40O5Si.C20H36O6Si/c1-4-26-28(3,27-5-2)10-6-7-22(24)25-15-16-11-20-17-8-9-19(21(20)12-16)18(13-17)14-23;1-23-27(24-2,25-3)8-4-5-20(22)26-13-14-9-18-15-6-7-17(19(18)10-14)16(11-15)12-21/h16-21,23H,4-15H2,1-3H3;14-19,21H,4-13H2,1-3H3. The van der Waals surface area contributed by atoms with E-state index in [-0.39, 0.29) is 11.9 Å². The highest BCUT2D eigenvalue weighted by Gasteiger charge is 2.53. The molecule has 0 spiro atoms. The van der Waals surface area contributed by atoms with Gasteiger partial charge in [-0.3, -0.25) is 9.59 Å². The van der Waals surface area contributed by atoms with Crippen molar-refractivity contribution >= 4 is 29.3 Å². The zero-order chi connectivity index (χ0) is 39.6. The van der Waals surface area contributed by atoms with Crippen molar-refractivity contribution in [2.45, 2.75) is 122 Å². The van der Waals surface area contributed by atoms with E-state index in [2.05, 4.69) is 6.55 Å². The first-order chi connectivity index (χ1) is 26.5. The molecule has 4 bridgehead atoms. The molecule has 0 heterocycles. The number of aliphatic hydroxyl groups is 2. The second-order valence-electron chi connectivity index (χ2n) is 18.1. The average Bonchev–Trinajstić information content (AvgIpc) is 3.86. The van der Waals surface area contributed by atoms with Gasteiger partial charge in [0.2, 0.25) is 0 Å². The Balaban J connectivity index is 0.000000211. The molecule has 0 radical (unpaired) electrons. The predicted molar refractivity (Wildman–Crippen MR) is 214 cm³/mol. The zero-order valence-electron chi connectivity index (χ0n) is 35.1. The summed E-state index contributed by atoms with van der Waals surface area (Å²) in [5, 5.41) is 19.4. The molecule has 0 aliphatic heterocycles. The molecule has 2 N–H and O–H groups in total. The number of carbonyl (C=O) groups excluding carboxylic acids is 2. The lowest BCUT2D eigenvalue weighted by Gasteiger charge is -2.50. The van der Waals surface area contributed by atoms with Crippen LogP contribution in [-0.4, -0.2) is 100 Å². The molecule has 11 nitrogen and oxygen atoms in total. The van der Waals surface area contributed by atoms with Gasteiger partial charge in [0.05, 0.1) is 13.2 Å². The van der Waals surface area contributed by atoms with Gasteiger partial charge in [-0.05, 0) is 175 Å². The van der Waals surface area contributed by atoms with Crippen molar-refractivity contribution in [3.63, 3.8) is 0 Å². The van der Waals surface area contributed by atoms with Crippen molar-refractivity contribution in [2.24, 2.45) is 71.0 Å². The Morgan fingerprint density at radius 1 is 0.582 bits per heavy atom. The maximum Gasteiger partial charge on any atom is 0.500 e. The van der Waals surface area contributed by atoms with E-state index in [0.717, 1.165) is 48.0 Å². The molecule has 0 aromatic rings. The van der Waals surface area contributed by atoms with Crippen LogP contribution in [0, 0.1) is 71.0 Å². The largest absolute Gasteiger partial charge is 0.500 e. The molecule has 8 aliphatic rings. The third-order valence-corrected chi connectivity index (χ3v) is 21.0. The van der Waals surface area contributed by atoms with E-state index in [4.69, 9.17) is 31.6 Å². The molecule has 0 aromatic carbocycles. The van der Waals surface area contributed by atoms with Crippen LogP contribution in [0.4, 0.5) is 0 Å². The Morgan fingerprint density at radius 3 is 1.40 bits per heavy atom. The number of fused-ring (bicyclic) bond motifs is 4. The van der Waals surface area contributed by atoms with Crippen LogP contribution in [0.2, 0.25) is 18.6 Å². The van der Waals surface area contributed by atoms with Gasteiger partial charge in [-0.1, -0.05) is 0 Å². The summed E-state index contributed by atoms with van der Waals surface area (Å²) in [7, 11) is 0.0329. The van der Waals surface area contributed by atoms with Crippen LogP contribution in [0.1, 0.15) is 104 Å². The fourth-order valence-electron chi connectivity index (χ4n) is 12.7. The first-order valence-corrected chi connectivity index (χ1v) is 26.5. The van der Waals surface area contributed by atoms with Crippen LogP contribution in [-0.2, 0) is 41.2 Å². The minimum atomic E-state index is -2.60. The van der Waals surface area contributed by atoms with Crippen LogP contribution in [0.5, 0.6) is 0 Å². The fraction of sp³-hybridized carbons (Fsp3) is 0.952. The Kier molecular flexibility index (Phi) is 17.6. The Morgan fingerprint density at radius 2 is 1.00 bits per heavy atom. The lowest BCUT2D eigenvalue weighted by molar-refractivity contribution is -0.146. The molecule has 8 rings (SSSR count). The molecular weight excluding hydrogens is 737 g/mol. The third-order valence-electron chi connectivity index (χ3n) is 15.1. The highest BCUT2D eigenvalue weighted by atomic mass is 28.4. The van der Waals surface area contributed by atoms with Crippen LogP contribution < -0.4 is 0 Å². The molecule has 13 heteroatoms. The molecule has 0 saturated heterocycles. The summed E-state index contributed by atoms with van der Waals surface area (Å²) in [6, 6.07) is 1.45. The van der Waals surface area contributed by atoms with Crippen molar-refractivity contribution in [3.8, 4) is 0 Å². The molecular formula is C42H76O11Si2. The van der Waals surface area contributed by atoms with Crippen molar-refractivity contribution in [3.05, 3.63) is 0 Å². The van der Waals surface area contributed by atoms with Crippen LogP contribution in [0.3, 0.4) is 0 Å². The fourth-order valence-corrected chi connectivity index (χ4v) is 16.8. The quantitative estimate of drug-likeness (QED) is 0.0915. The summed E-state index contributed by atoms with van der Waals surface area (Å²) in [6.45, 7) is 9.23. The second-order valence-corrected chi connectivity index (χ2v) is 24.5. The summed E-state index contributed by atoms with van der Waals surface area (Å²) >= 11 is 0. The van der Waals surface area contributed by atoms with E-state index in [1.54, 1.807) is 21.3 Å². The Labute approximate surface area is 334 Å². The van der Waals surface area contributed by atoms with Crippen molar-refractivity contribution in [2.75, 3.05) is 61.0 Å². The van der Waals surface area contributed by atoms with Gasteiger partial charge >= 0.3 is 29.3 Å². The van der Waals surface area contributed by atoms with Crippen LogP contribution in [0.25, 0.3) is 0 Å². The van der Waals surface area contributed by atoms with Gasteiger partial charge in [0.25, 0.3) is 0 Å². The van der Waals surface area contributed by atoms with Crippen LogP contribution >= 0.6 is 0 Å². The maximum atomic E-state index is 12.2. The summed E-state index contributed by atoms with van der Waals surface area (Å²) in [5.74, 6) is 7.95. The Hall–Kier alpha value is -0.906. The highest BCUT2D eigenvalue weighted by Crippen LogP contribution is 2.60. The van der Waals surface area contributed by atoms with E-state index in [1.165, 1.54) is 64.2 Å². The molecule has 12 unspecified atom stereocenters. The van der Waals surface area contributed by atoms with Gasteiger partial charge in [0, 0.05) is 66.6 Å². The number of carbonyl (C=O) groups is 2. The van der Waals surface area contributed by atoms with Gasteiger partial charge in [-0.25, -0.2) is 0 Å². The number of esters is 2. The highest BCUT2D eigenvalue weighted by molar-refractivity contribution is 6.66. The number of hydrogen-bond acceptors (Lipinski definition) is 11. The smallest absolute Gasteiger partial charge is 0.465 e. The summed E-state index contributed by atoms with van der Waals surface area (Å²) in [5.41, 5.74) is 0. The maximum absolute atomic E-state index is 12.2. The number of hydrogen-bond donors (Lipinski definition) is 2. The van der Waals surface area contributed by atoms with E-state index < -0.39 is 17.4 Å². The lowest BCUT2D eigenvalue weighted by atomic mass is 9.56. The molecule has 318 valence electrons. The lowest BCUT2D eigenvalue weighted by Crippen LogP contribution is -2.43. The number of aliphatic hydroxyl groups excluding tert-OH is 2. The second kappa shape index (κ2) is 21.4. The first kappa shape index (κ1) is 45.2. The summed E-state index contributed by atoms with van der Waals surface area (Å²) in [6.07, 6.45) is 14.7. The van der Waals surface area contributed by atoms with Crippen molar-refractivity contribution in [1.29, 1.82) is 0 Å². The molecule has 55 heavy (non-hydrogen) atoms. The predicted octanol–water partition coefficient (Wildman–Crippen LogP) is 7.00. The summed E-state index contributed by atoms with van der Waals surface area (Å²) in [4.78, 5) is 24.4. The van der Waals surface area contributed by atoms with Gasteiger partial charge in [0.1, 0.15) is 0 Å². The molecule has 8 aliphatic carbocycles. The normalized spacial score (nSPS) is 34.8. The van der Waals surface area contributed by atoms with E-state index in [9.17, 15) is 19.8 Å². The van der Waals surface area contributed by atoms with Gasteiger partial charge in [-0.2, -0.15) is 0 Å². The third kappa shape index (κ3) is 11.4. The average molecular weight is 813 g/mol. The molecule has 0 amide bonds. The van der Waals surface area contributed by atoms with Crippen LogP contribution in [0.15, 0.2) is 0 Å². The van der Waals surface area contributed by atoms with Gasteiger partial charge in [-0.15, -0.1) is 0 Å². The minimum Gasteiger partial charge on any atom is -0.465 e. The van der Waals surface area contributed by atoms with Crippen molar-refractivity contribution in [1.82, 2.24) is 0 Å². The topological polar surface area (TPSA) is 139 Å². The van der Waals surface area contributed by atoms with E-state index >= 15 is 0 Å². The molecule has 8 saturated carbocycles. The monoisotopic (exact) mass is 812 g/mol. The first-order valence-electron chi connectivity index (χ1n) is 22.0. The number of rotatable bonds is 21. The number of ether oxygens (including phenoxy) is 2. The van der Waals surface area contributed by atoms with E-state index in [1.807, 2.05) is 13.8 Å². The molecule has 0 aromatic heterocycles. The Bertz CT molecular complexity index is 1170. The molecule has 8 fully saturated rings. The van der Waals surface area contributed by atoms with Gasteiger partial charge < -0.3 is 41.8 Å². The van der Waals surface area contributed by atoms with Gasteiger partial charge in [0.15, 0.2) is 0 Å². The SMILES string of the molecule is CCO[Si](C)(CCCC(=O)OCC1CC2C3CCC(C(CO)C3)C2C1)OCC.CO[Si](CCCC(=O)OCC1CC2C3CCC(C(CO)C3)C2C1)(OC)OC. The van der Waals surface area contributed by atoms with E-state index in [0.29, 0.717) is 100 Å². The van der Waals surface area contributed by atoms with Crippen molar-refractivity contribution < 1.29 is 51.4 Å². The zero-order valence-corrected chi connectivity index (χ0v) is 37.1. The molecule has 12 atom stereocenters. The minimum absolute atomic E-state index is 0.0737. The summed E-state index contributed by atoms with van der Waals surface area (Å²) < 4.78 is 39.1.